The number of ether oxygens (including phenoxy) is 1. The fourth-order valence-corrected chi connectivity index (χ4v) is 2.84. The van der Waals surface area contributed by atoms with Gasteiger partial charge in [0.15, 0.2) is 0 Å². The standard InChI is InChI=1S/C19H29ClN2O4/c1-4-6-7-13(5-2)12-21-16(19(24)25)11-18(23)22-15-10-14(20)8-9-17(15)26-3/h8-10,13,16,21H,4-7,11-12H2,1-3H3,(H,22,23)(H,24,25). The molecule has 0 aliphatic carbocycles. The van der Waals surface area contributed by atoms with Crippen LogP contribution in [0.1, 0.15) is 46.0 Å². The van der Waals surface area contributed by atoms with E-state index >= 15 is 0 Å². The molecule has 0 saturated carbocycles. The molecule has 0 bridgehead atoms. The van der Waals surface area contributed by atoms with Crippen LogP contribution >= 0.6 is 11.6 Å². The average molecular weight is 385 g/mol. The van der Waals surface area contributed by atoms with E-state index in [4.69, 9.17) is 16.3 Å². The maximum Gasteiger partial charge on any atom is 0.321 e. The van der Waals surface area contributed by atoms with Crippen LogP contribution in [-0.2, 0) is 9.59 Å². The molecule has 6 nitrogen and oxygen atoms in total. The van der Waals surface area contributed by atoms with Crippen LogP contribution in [0.3, 0.4) is 0 Å². The van der Waals surface area contributed by atoms with Crippen LogP contribution in [0.5, 0.6) is 5.75 Å². The number of carboxylic acids is 1. The number of carboxylic acid groups (broad SMARTS) is 1. The largest absolute Gasteiger partial charge is 0.495 e. The van der Waals surface area contributed by atoms with E-state index in [0.717, 1.165) is 25.7 Å². The molecule has 1 aromatic carbocycles. The summed E-state index contributed by atoms with van der Waals surface area (Å²) in [5, 5.41) is 15.6. The summed E-state index contributed by atoms with van der Waals surface area (Å²) in [6.45, 7) is 4.81. The summed E-state index contributed by atoms with van der Waals surface area (Å²) in [4.78, 5) is 23.8. The lowest BCUT2D eigenvalue weighted by molar-refractivity contribution is -0.141. The third-order valence-electron chi connectivity index (χ3n) is 4.32. The lowest BCUT2D eigenvalue weighted by Crippen LogP contribution is -2.42. The number of hydrogen-bond acceptors (Lipinski definition) is 4. The second-order valence-electron chi connectivity index (χ2n) is 6.31. The maximum absolute atomic E-state index is 12.3. The Morgan fingerprint density at radius 2 is 2.04 bits per heavy atom. The molecule has 0 fully saturated rings. The highest BCUT2D eigenvalue weighted by atomic mass is 35.5. The van der Waals surface area contributed by atoms with Gasteiger partial charge in [-0.05, 0) is 37.1 Å². The van der Waals surface area contributed by atoms with Crippen molar-refractivity contribution in [3.05, 3.63) is 23.2 Å². The molecule has 1 rings (SSSR count). The molecule has 0 aliphatic heterocycles. The van der Waals surface area contributed by atoms with E-state index in [1.807, 2.05) is 0 Å². The highest BCUT2D eigenvalue weighted by molar-refractivity contribution is 6.31. The molecular weight excluding hydrogens is 356 g/mol. The highest BCUT2D eigenvalue weighted by Gasteiger charge is 2.22. The number of methoxy groups -OCH3 is 1. The van der Waals surface area contributed by atoms with E-state index in [1.165, 1.54) is 7.11 Å². The molecular formula is C19H29ClN2O4. The summed E-state index contributed by atoms with van der Waals surface area (Å²) in [7, 11) is 1.49. The minimum Gasteiger partial charge on any atom is -0.495 e. The van der Waals surface area contributed by atoms with Gasteiger partial charge in [-0.2, -0.15) is 0 Å². The maximum atomic E-state index is 12.3. The van der Waals surface area contributed by atoms with E-state index in [9.17, 15) is 14.7 Å². The van der Waals surface area contributed by atoms with Crippen LogP contribution in [0.4, 0.5) is 5.69 Å². The first-order chi connectivity index (χ1) is 12.4. The van der Waals surface area contributed by atoms with Crippen LogP contribution in [0, 0.1) is 5.92 Å². The van der Waals surface area contributed by atoms with Crippen LogP contribution < -0.4 is 15.4 Å². The molecule has 146 valence electrons. The van der Waals surface area contributed by atoms with Gasteiger partial charge >= 0.3 is 5.97 Å². The Hall–Kier alpha value is -1.79. The molecule has 0 radical (unpaired) electrons. The van der Waals surface area contributed by atoms with Crippen LogP contribution in [0.2, 0.25) is 5.02 Å². The van der Waals surface area contributed by atoms with Crippen molar-refractivity contribution < 1.29 is 19.4 Å². The van der Waals surface area contributed by atoms with E-state index in [-0.39, 0.29) is 6.42 Å². The molecule has 1 amide bonds. The fraction of sp³-hybridized carbons (Fsp3) is 0.579. The van der Waals surface area contributed by atoms with Crippen LogP contribution in [0.15, 0.2) is 18.2 Å². The molecule has 2 unspecified atom stereocenters. The second kappa shape index (κ2) is 11.8. The van der Waals surface area contributed by atoms with E-state index in [2.05, 4.69) is 24.5 Å². The first-order valence-corrected chi connectivity index (χ1v) is 9.38. The van der Waals surface area contributed by atoms with Gasteiger partial charge in [-0.25, -0.2) is 0 Å². The number of unbranched alkanes of at least 4 members (excludes halogenated alkanes) is 1. The molecule has 7 heteroatoms. The van der Waals surface area contributed by atoms with Gasteiger partial charge in [0.25, 0.3) is 0 Å². The predicted molar refractivity (Wildman–Crippen MR) is 104 cm³/mol. The van der Waals surface area contributed by atoms with Crippen molar-refractivity contribution in [2.45, 2.75) is 52.0 Å². The number of rotatable bonds is 12. The van der Waals surface area contributed by atoms with Crippen molar-refractivity contribution in [3.8, 4) is 5.75 Å². The normalized spacial score (nSPS) is 13.1. The van der Waals surface area contributed by atoms with Crippen molar-refractivity contribution in [1.29, 1.82) is 0 Å². The van der Waals surface area contributed by atoms with Gasteiger partial charge in [-0.1, -0.05) is 44.7 Å². The molecule has 0 heterocycles. The lowest BCUT2D eigenvalue weighted by atomic mass is 9.99. The fourth-order valence-electron chi connectivity index (χ4n) is 2.66. The summed E-state index contributed by atoms with van der Waals surface area (Å²) in [6, 6.07) is 3.93. The van der Waals surface area contributed by atoms with Gasteiger partial charge in [0.2, 0.25) is 5.91 Å². The second-order valence-corrected chi connectivity index (χ2v) is 6.75. The zero-order valence-electron chi connectivity index (χ0n) is 15.7. The third kappa shape index (κ3) is 7.62. The van der Waals surface area contributed by atoms with E-state index < -0.39 is 17.9 Å². The zero-order chi connectivity index (χ0) is 19.5. The van der Waals surface area contributed by atoms with E-state index in [1.54, 1.807) is 18.2 Å². The molecule has 0 spiro atoms. The molecule has 0 saturated heterocycles. The van der Waals surface area contributed by atoms with Crippen LogP contribution in [0.25, 0.3) is 0 Å². The first-order valence-electron chi connectivity index (χ1n) is 9.00. The average Bonchev–Trinajstić information content (AvgIpc) is 2.60. The van der Waals surface area contributed by atoms with Crippen molar-refractivity contribution in [2.75, 3.05) is 19.0 Å². The Kier molecular flexibility index (Phi) is 10.1. The SMILES string of the molecule is CCCCC(CC)CNC(CC(=O)Nc1cc(Cl)ccc1OC)C(=O)O. The Balaban J connectivity index is 2.65. The van der Waals surface area contributed by atoms with Crippen LogP contribution in [-0.4, -0.2) is 36.7 Å². The first kappa shape index (κ1) is 22.3. The number of amides is 1. The molecule has 0 aliphatic rings. The minimum absolute atomic E-state index is 0.171. The topological polar surface area (TPSA) is 87.7 Å². The highest BCUT2D eigenvalue weighted by Crippen LogP contribution is 2.27. The van der Waals surface area contributed by atoms with Gasteiger partial charge in [0, 0.05) is 5.02 Å². The Bertz CT molecular complexity index is 595. The number of nitrogens with one attached hydrogen (secondary N) is 2. The summed E-state index contributed by atoms with van der Waals surface area (Å²) < 4.78 is 5.18. The number of carbonyl (C=O) groups excluding carboxylic acids is 1. The summed E-state index contributed by atoms with van der Waals surface area (Å²) in [5.74, 6) is -0.572. The van der Waals surface area contributed by atoms with Gasteiger partial charge in [-0.3, -0.25) is 9.59 Å². The monoisotopic (exact) mass is 384 g/mol. The molecule has 2 atom stereocenters. The smallest absolute Gasteiger partial charge is 0.321 e. The lowest BCUT2D eigenvalue weighted by Gasteiger charge is -2.20. The number of aliphatic carboxylic acids is 1. The molecule has 0 aromatic heterocycles. The van der Waals surface area contributed by atoms with Crippen molar-refractivity contribution in [1.82, 2.24) is 5.32 Å². The summed E-state index contributed by atoms with van der Waals surface area (Å²) in [5.41, 5.74) is 0.420. The number of benzene rings is 1. The Morgan fingerprint density at radius 1 is 1.31 bits per heavy atom. The van der Waals surface area contributed by atoms with Gasteiger partial charge in [0.1, 0.15) is 11.8 Å². The quantitative estimate of drug-likeness (QED) is 0.508. The minimum atomic E-state index is -1.04. The Labute approximate surface area is 160 Å². The number of anilines is 1. The van der Waals surface area contributed by atoms with Gasteiger partial charge < -0.3 is 20.5 Å². The zero-order valence-corrected chi connectivity index (χ0v) is 16.4. The Morgan fingerprint density at radius 3 is 2.62 bits per heavy atom. The van der Waals surface area contributed by atoms with Gasteiger partial charge in [-0.15, -0.1) is 0 Å². The summed E-state index contributed by atoms with van der Waals surface area (Å²) in [6.07, 6.45) is 4.09. The van der Waals surface area contributed by atoms with Crippen molar-refractivity contribution >= 4 is 29.2 Å². The van der Waals surface area contributed by atoms with Crippen molar-refractivity contribution in [2.24, 2.45) is 5.92 Å². The van der Waals surface area contributed by atoms with E-state index in [0.29, 0.717) is 28.9 Å². The molecule has 1 aromatic rings. The summed E-state index contributed by atoms with van der Waals surface area (Å²) >= 11 is 5.94. The predicted octanol–water partition coefficient (Wildman–Crippen LogP) is 3.94. The molecule has 3 N–H and O–H groups in total. The molecule has 26 heavy (non-hydrogen) atoms. The number of hydrogen-bond donors (Lipinski definition) is 3. The van der Waals surface area contributed by atoms with Gasteiger partial charge in [0.05, 0.1) is 19.2 Å². The van der Waals surface area contributed by atoms with Crippen molar-refractivity contribution in [3.63, 3.8) is 0 Å². The third-order valence-corrected chi connectivity index (χ3v) is 4.55. The number of halogens is 1. The number of carbonyl (C=O) groups is 2.